The summed E-state index contributed by atoms with van der Waals surface area (Å²) in [6.07, 6.45) is 0.283. The fourth-order valence-electron chi connectivity index (χ4n) is 2.19. The van der Waals surface area contributed by atoms with Gasteiger partial charge in [0.1, 0.15) is 5.71 Å². The largest absolute Gasteiger partial charge is 0.419 e. The molecule has 0 saturated carbocycles. The van der Waals surface area contributed by atoms with Crippen LogP contribution in [0.4, 0.5) is 10.1 Å². The Bertz CT molecular complexity index is 824. The Morgan fingerprint density at radius 3 is 2.62 bits per heavy atom. The molecule has 5 nitrogen and oxygen atoms in total. The first kappa shape index (κ1) is 16.3. The zero-order chi connectivity index (χ0) is 17.1. The molecule has 0 aliphatic carbocycles. The van der Waals surface area contributed by atoms with Gasteiger partial charge < -0.3 is 4.74 Å². The highest BCUT2D eigenvalue weighted by molar-refractivity contribution is 9.10. The number of rotatable bonds is 3. The summed E-state index contributed by atoms with van der Waals surface area (Å²) in [5.74, 6) is -1.84. The molecule has 1 aliphatic rings. The molecule has 0 spiro atoms. The third-order valence-corrected chi connectivity index (χ3v) is 3.86. The van der Waals surface area contributed by atoms with Gasteiger partial charge in [-0.1, -0.05) is 34.1 Å². The zero-order valence-electron chi connectivity index (χ0n) is 12.4. The standard InChI is InChI=1S/C17H12BrFN2O3/c18-11-6-8-15(13(19)10-11)24-17(23)14-7-9-16(22)21(20-14)12-4-2-1-3-5-12/h1-6,8,10H,7,9H2. The molecule has 0 saturated heterocycles. The van der Waals surface area contributed by atoms with E-state index in [0.717, 1.165) is 5.01 Å². The Balaban J connectivity index is 1.82. The van der Waals surface area contributed by atoms with Gasteiger partial charge in [0.2, 0.25) is 5.91 Å². The van der Waals surface area contributed by atoms with Crippen LogP contribution in [0.3, 0.4) is 0 Å². The zero-order valence-corrected chi connectivity index (χ0v) is 14.0. The summed E-state index contributed by atoms with van der Waals surface area (Å²) in [6, 6.07) is 12.9. The van der Waals surface area contributed by atoms with Crippen LogP contribution in [0.25, 0.3) is 0 Å². The number of hydrogen-bond donors (Lipinski definition) is 0. The van der Waals surface area contributed by atoms with Crippen LogP contribution in [0.15, 0.2) is 58.1 Å². The Labute approximate surface area is 145 Å². The number of esters is 1. The normalized spacial score (nSPS) is 14.3. The second-order valence-corrected chi connectivity index (χ2v) is 5.97. The number of carbonyl (C=O) groups is 2. The maximum atomic E-state index is 13.8. The number of carbonyl (C=O) groups excluding carboxylic acids is 2. The van der Waals surface area contributed by atoms with Crippen LogP contribution in [0.5, 0.6) is 5.75 Å². The van der Waals surface area contributed by atoms with E-state index in [1.54, 1.807) is 30.3 Å². The molecule has 2 aromatic rings. The van der Waals surface area contributed by atoms with Crippen molar-refractivity contribution in [2.75, 3.05) is 5.01 Å². The van der Waals surface area contributed by atoms with Gasteiger partial charge in [0, 0.05) is 17.3 Å². The Morgan fingerprint density at radius 1 is 1.17 bits per heavy atom. The number of ether oxygens (including phenoxy) is 1. The molecular weight excluding hydrogens is 379 g/mol. The summed E-state index contributed by atoms with van der Waals surface area (Å²) in [6.45, 7) is 0. The fourth-order valence-corrected chi connectivity index (χ4v) is 2.52. The lowest BCUT2D eigenvalue weighted by Gasteiger charge is -2.22. The second-order valence-electron chi connectivity index (χ2n) is 5.05. The first-order chi connectivity index (χ1) is 11.5. The van der Waals surface area contributed by atoms with Gasteiger partial charge >= 0.3 is 5.97 Å². The number of anilines is 1. The highest BCUT2D eigenvalue weighted by atomic mass is 79.9. The number of halogens is 2. The van der Waals surface area contributed by atoms with E-state index in [4.69, 9.17) is 4.74 Å². The van der Waals surface area contributed by atoms with Gasteiger partial charge in [-0.3, -0.25) is 4.79 Å². The van der Waals surface area contributed by atoms with Crippen molar-refractivity contribution in [2.24, 2.45) is 5.10 Å². The summed E-state index contributed by atoms with van der Waals surface area (Å²) in [4.78, 5) is 24.2. The predicted octanol–water partition coefficient (Wildman–Crippen LogP) is 3.68. The molecule has 0 fully saturated rings. The van der Waals surface area contributed by atoms with Gasteiger partial charge in [0.15, 0.2) is 11.6 Å². The Hall–Kier alpha value is -2.54. The van der Waals surface area contributed by atoms with Gasteiger partial charge in [0.25, 0.3) is 0 Å². The molecule has 0 aromatic heterocycles. The second kappa shape index (κ2) is 6.92. The summed E-state index contributed by atoms with van der Waals surface area (Å²) in [5.41, 5.74) is 0.628. The minimum Gasteiger partial charge on any atom is -0.419 e. The maximum Gasteiger partial charge on any atom is 0.360 e. The van der Waals surface area contributed by atoms with Crippen LogP contribution < -0.4 is 9.75 Å². The minimum atomic E-state index is -0.773. The molecule has 1 aliphatic heterocycles. The summed E-state index contributed by atoms with van der Waals surface area (Å²) in [5, 5.41) is 5.24. The van der Waals surface area contributed by atoms with E-state index in [1.165, 1.54) is 12.1 Å². The van der Waals surface area contributed by atoms with Gasteiger partial charge in [-0.2, -0.15) is 5.10 Å². The average Bonchev–Trinajstić information content (AvgIpc) is 2.58. The third kappa shape index (κ3) is 3.51. The molecule has 2 aromatic carbocycles. The number of hydrogen-bond acceptors (Lipinski definition) is 4. The minimum absolute atomic E-state index is 0.0702. The van der Waals surface area contributed by atoms with Gasteiger partial charge in [-0.15, -0.1) is 0 Å². The monoisotopic (exact) mass is 390 g/mol. The molecule has 3 rings (SSSR count). The van der Waals surface area contributed by atoms with E-state index < -0.39 is 11.8 Å². The van der Waals surface area contributed by atoms with Crippen molar-refractivity contribution in [3.63, 3.8) is 0 Å². The molecule has 1 heterocycles. The number of benzene rings is 2. The first-order valence-electron chi connectivity index (χ1n) is 7.17. The third-order valence-electron chi connectivity index (χ3n) is 3.37. The maximum absolute atomic E-state index is 13.8. The van der Waals surface area contributed by atoms with Crippen molar-refractivity contribution in [1.29, 1.82) is 0 Å². The van der Waals surface area contributed by atoms with E-state index in [2.05, 4.69) is 21.0 Å². The number of hydrazone groups is 1. The highest BCUT2D eigenvalue weighted by Crippen LogP contribution is 2.23. The number of para-hydroxylation sites is 1. The van der Waals surface area contributed by atoms with Crippen molar-refractivity contribution in [1.82, 2.24) is 0 Å². The highest BCUT2D eigenvalue weighted by Gasteiger charge is 2.27. The van der Waals surface area contributed by atoms with E-state index >= 15 is 0 Å². The topological polar surface area (TPSA) is 59.0 Å². The van der Waals surface area contributed by atoms with Crippen molar-refractivity contribution in [3.05, 3.63) is 58.8 Å². The number of nitrogens with zero attached hydrogens (tertiary/aromatic N) is 2. The van der Waals surface area contributed by atoms with E-state index in [0.29, 0.717) is 10.2 Å². The number of amides is 1. The molecule has 0 unspecified atom stereocenters. The molecule has 7 heteroatoms. The molecule has 1 amide bonds. The van der Waals surface area contributed by atoms with Gasteiger partial charge in [0.05, 0.1) is 5.69 Å². The lowest BCUT2D eigenvalue weighted by molar-refractivity contribution is -0.127. The molecular formula is C17H12BrFN2O3. The SMILES string of the molecule is O=C(Oc1ccc(Br)cc1F)C1=NN(c2ccccc2)C(=O)CC1. The lowest BCUT2D eigenvalue weighted by Crippen LogP contribution is -2.35. The summed E-state index contributed by atoms with van der Waals surface area (Å²) in [7, 11) is 0. The van der Waals surface area contributed by atoms with Crippen LogP contribution in [-0.2, 0) is 9.59 Å². The van der Waals surface area contributed by atoms with E-state index in [1.807, 2.05) is 6.07 Å². The first-order valence-corrected chi connectivity index (χ1v) is 7.96. The van der Waals surface area contributed by atoms with Crippen molar-refractivity contribution in [2.45, 2.75) is 12.8 Å². The predicted molar refractivity (Wildman–Crippen MR) is 90.3 cm³/mol. The summed E-state index contributed by atoms with van der Waals surface area (Å²) < 4.78 is 19.4. The van der Waals surface area contributed by atoms with Crippen molar-refractivity contribution < 1.29 is 18.7 Å². The van der Waals surface area contributed by atoms with Crippen LogP contribution in [0.1, 0.15) is 12.8 Å². The van der Waals surface area contributed by atoms with Crippen molar-refractivity contribution in [3.8, 4) is 5.75 Å². The smallest absolute Gasteiger partial charge is 0.360 e. The van der Waals surface area contributed by atoms with Gasteiger partial charge in [-0.25, -0.2) is 14.2 Å². The van der Waals surface area contributed by atoms with Crippen LogP contribution in [0.2, 0.25) is 0 Å². The Morgan fingerprint density at radius 2 is 1.92 bits per heavy atom. The van der Waals surface area contributed by atoms with Crippen LogP contribution in [0, 0.1) is 5.82 Å². The molecule has 0 radical (unpaired) electrons. The lowest BCUT2D eigenvalue weighted by atomic mass is 10.1. The van der Waals surface area contributed by atoms with Crippen molar-refractivity contribution >= 4 is 39.2 Å². The quantitative estimate of drug-likeness (QED) is 0.593. The molecule has 122 valence electrons. The molecule has 24 heavy (non-hydrogen) atoms. The molecule has 0 atom stereocenters. The fraction of sp³-hybridized carbons (Fsp3) is 0.118. The van der Waals surface area contributed by atoms with E-state index in [-0.39, 0.29) is 30.2 Å². The van der Waals surface area contributed by atoms with Crippen LogP contribution in [-0.4, -0.2) is 17.6 Å². The Kier molecular flexibility index (Phi) is 4.71. The average molecular weight is 391 g/mol. The summed E-state index contributed by atoms with van der Waals surface area (Å²) >= 11 is 3.13. The van der Waals surface area contributed by atoms with Gasteiger partial charge in [-0.05, 0) is 30.3 Å². The van der Waals surface area contributed by atoms with E-state index in [9.17, 15) is 14.0 Å². The molecule has 0 N–H and O–H groups in total. The van der Waals surface area contributed by atoms with Crippen LogP contribution >= 0.6 is 15.9 Å². The molecule has 0 bridgehead atoms.